The molecule has 2 rings (SSSR count). The average Bonchev–Trinajstić information content (AvgIpc) is 2.38. The number of hydrogen-bond acceptors (Lipinski definition) is 3. The van der Waals surface area contributed by atoms with Crippen molar-refractivity contribution < 1.29 is 14.6 Å². The van der Waals surface area contributed by atoms with Gasteiger partial charge in [-0.3, -0.25) is 0 Å². The van der Waals surface area contributed by atoms with E-state index in [4.69, 9.17) is 16.3 Å². The van der Waals surface area contributed by atoms with Gasteiger partial charge in [0.15, 0.2) is 11.8 Å². The van der Waals surface area contributed by atoms with Crippen molar-refractivity contribution in [2.24, 2.45) is 0 Å². The first kappa shape index (κ1) is 11.9. The first-order valence-electron chi connectivity index (χ1n) is 5.37. The van der Waals surface area contributed by atoms with E-state index in [1.54, 1.807) is 19.1 Å². The second-order valence-corrected chi connectivity index (χ2v) is 3.75. The number of rotatable bonds is 3. The summed E-state index contributed by atoms with van der Waals surface area (Å²) < 4.78 is 5.53. The number of benzene rings is 1. The fourth-order valence-electron chi connectivity index (χ4n) is 1.57. The number of terminal acetylenes is 1. The van der Waals surface area contributed by atoms with E-state index in [9.17, 15) is 4.79 Å². The van der Waals surface area contributed by atoms with E-state index in [2.05, 4.69) is 10.9 Å². The minimum Gasteiger partial charge on any atom is -0.477 e. The summed E-state index contributed by atoms with van der Waals surface area (Å²) >= 11 is 0. The number of hydrogen-bond donors (Lipinski definition) is 1. The van der Waals surface area contributed by atoms with Gasteiger partial charge < -0.3 is 9.84 Å². The Labute approximate surface area is 104 Å². The number of carboxylic acid groups (broad SMARTS) is 1. The van der Waals surface area contributed by atoms with Gasteiger partial charge in [-0.1, -0.05) is 18.1 Å². The quantitative estimate of drug-likeness (QED) is 0.838. The van der Waals surface area contributed by atoms with Gasteiger partial charge in [-0.2, -0.15) is 0 Å². The third-order valence-corrected chi connectivity index (χ3v) is 2.44. The molecule has 0 amide bonds. The zero-order valence-electron chi connectivity index (χ0n) is 9.75. The van der Waals surface area contributed by atoms with E-state index >= 15 is 0 Å². The Morgan fingerprint density at radius 2 is 2.22 bits per heavy atom. The summed E-state index contributed by atoms with van der Waals surface area (Å²) in [5, 5.41) is 9.74. The molecule has 1 atom stereocenters. The molecule has 0 saturated heterocycles. The van der Waals surface area contributed by atoms with Crippen molar-refractivity contribution in [1.29, 1.82) is 0 Å². The predicted molar refractivity (Wildman–Crippen MR) is 67.6 cm³/mol. The summed E-state index contributed by atoms with van der Waals surface area (Å²) in [6.07, 6.45) is 4.82. The van der Waals surface area contributed by atoms with Gasteiger partial charge >= 0.3 is 5.97 Å². The molecule has 0 fully saturated rings. The number of aromatic nitrogens is 1. The van der Waals surface area contributed by atoms with Crippen LogP contribution in [-0.2, 0) is 0 Å². The van der Waals surface area contributed by atoms with Gasteiger partial charge in [-0.25, -0.2) is 9.78 Å². The lowest BCUT2D eigenvalue weighted by Gasteiger charge is -2.12. The normalized spacial score (nSPS) is 11.8. The van der Waals surface area contributed by atoms with Gasteiger partial charge in [-0.15, -0.1) is 6.42 Å². The molecule has 1 N–H and O–H groups in total. The second-order valence-electron chi connectivity index (χ2n) is 3.75. The monoisotopic (exact) mass is 241 g/mol. The summed E-state index contributed by atoms with van der Waals surface area (Å²) in [6.45, 7) is 1.72. The Morgan fingerprint density at radius 3 is 2.89 bits per heavy atom. The summed E-state index contributed by atoms with van der Waals surface area (Å²) in [5.74, 6) is 1.77. The zero-order valence-corrected chi connectivity index (χ0v) is 9.75. The number of fused-ring (bicyclic) bond motifs is 1. The van der Waals surface area contributed by atoms with Gasteiger partial charge in [0.2, 0.25) is 0 Å². The fraction of sp³-hybridized carbons (Fsp3) is 0.143. The third-order valence-electron chi connectivity index (χ3n) is 2.44. The molecule has 90 valence electrons. The van der Waals surface area contributed by atoms with Crippen LogP contribution in [0.2, 0.25) is 0 Å². The number of ether oxygens (including phenoxy) is 1. The van der Waals surface area contributed by atoms with E-state index in [-0.39, 0.29) is 5.69 Å². The largest absolute Gasteiger partial charge is 0.477 e. The highest BCUT2D eigenvalue weighted by Gasteiger charge is 2.12. The van der Waals surface area contributed by atoms with Crippen molar-refractivity contribution in [3.63, 3.8) is 0 Å². The van der Waals surface area contributed by atoms with Crippen LogP contribution in [-0.4, -0.2) is 22.2 Å². The molecule has 18 heavy (non-hydrogen) atoms. The summed E-state index contributed by atoms with van der Waals surface area (Å²) in [4.78, 5) is 15.0. The number of carboxylic acids is 1. The molecule has 1 heterocycles. The van der Waals surface area contributed by atoms with Crippen LogP contribution in [0.3, 0.4) is 0 Å². The van der Waals surface area contributed by atoms with E-state index in [0.717, 1.165) is 5.39 Å². The SMILES string of the molecule is C#CC(C)Oc1cc(C(=O)O)nc2ccccc12. The number of aromatic carboxylic acids is 1. The number of para-hydroxylation sites is 1. The minimum atomic E-state index is -1.10. The summed E-state index contributed by atoms with van der Waals surface area (Å²) in [5.41, 5.74) is 0.504. The van der Waals surface area contributed by atoms with Crippen molar-refractivity contribution in [1.82, 2.24) is 4.98 Å². The van der Waals surface area contributed by atoms with Crippen LogP contribution in [0.15, 0.2) is 30.3 Å². The lowest BCUT2D eigenvalue weighted by Crippen LogP contribution is -2.10. The van der Waals surface area contributed by atoms with Crippen LogP contribution >= 0.6 is 0 Å². The molecule has 0 aliphatic rings. The highest BCUT2D eigenvalue weighted by Crippen LogP contribution is 2.26. The Morgan fingerprint density at radius 1 is 1.50 bits per heavy atom. The third kappa shape index (κ3) is 2.25. The van der Waals surface area contributed by atoms with Crippen molar-refractivity contribution in [2.45, 2.75) is 13.0 Å². The lowest BCUT2D eigenvalue weighted by atomic mass is 10.2. The fourth-order valence-corrected chi connectivity index (χ4v) is 1.57. The number of carbonyl (C=O) groups is 1. The molecule has 0 saturated carbocycles. The topological polar surface area (TPSA) is 59.4 Å². The molecular formula is C14H11NO3. The molecule has 4 heteroatoms. The number of nitrogens with zero attached hydrogens (tertiary/aromatic N) is 1. The van der Waals surface area contributed by atoms with Gasteiger partial charge in [-0.05, 0) is 19.1 Å². The van der Waals surface area contributed by atoms with Crippen molar-refractivity contribution in [3.8, 4) is 18.1 Å². The van der Waals surface area contributed by atoms with E-state index < -0.39 is 12.1 Å². The van der Waals surface area contributed by atoms with Gasteiger partial charge in [0.05, 0.1) is 5.52 Å². The minimum absolute atomic E-state index is 0.0621. The van der Waals surface area contributed by atoms with Gasteiger partial charge in [0.25, 0.3) is 0 Å². The molecule has 0 bridgehead atoms. The van der Waals surface area contributed by atoms with Crippen LogP contribution in [0.1, 0.15) is 17.4 Å². The Bertz CT molecular complexity index is 643. The van der Waals surface area contributed by atoms with Crippen LogP contribution in [0.4, 0.5) is 0 Å². The van der Waals surface area contributed by atoms with Gasteiger partial charge in [0, 0.05) is 11.5 Å². The second kappa shape index (κ2) is 4.76. The van der Waals surface area contributed by atoms with E-state index in [0.29, 0.717) is 11.3 Å². The molecule has 0 aliphatic heterocycles. The Kier molecular flexibility index (Phi) is 3.16. The molecule has 0 radical (unpaired) electrons. The summed E-state index contributed by atoms with van der Waals surface area (Å²) in [7, 11) is 0. The molecule has 2 aromatic rings. The van der Waals surface area contributed by atoms with Gasteiger partial charge in [0.1, 0.15) is 5.75 Å². The first-order chi connectivity index (χ1) is 8.61. The maximum atomic E-state index is 11.0. The molecule has 0 spiro atoms. The maximum Gasteiger partial charge on any atom is 0.354 e. The smallest absolute Gasteiger partial charge is 0.354 e. The molecule has 0 aliphatic carbocycles. The van der Waals surface area contributed by atoms with Crippen LogP contribution in [0.25, 0.3) is 10.9 Å². The van der Waals surface area contributed by atoms with Crippen molar-refractivity contribution in [3.05, 3.63) is 36.0 Å². The zero-order chi connectivity index (χ0) is 13.1. The average molecular weight is 241 g/mol. The predicted octanol–water partition coefficient (Wildman–Crippen LogP) is 2.33. The van der Waals surface area contributed by atoms with Crippen LogP contribution in [0, 0.1) is 12.3 Å². The van der Waals surface area contributed by atoms with E-state index in [1.165, 1.54) is 6.07 Å². The van der Waals surface area contributed by atoms with Crippen molar-refractivity contribution in [2.75, 3.05) is 0 Å². The number of pyridine rings is 1. The first-order valence-corrected chi connectivity index (χ1v) is 5.37. The maximum absolute atomic E-state index is 11.0. The molecule has 1 aromatic heterocycles. The highest BCUT2D eigenvalue weighted by atomic mass is 16.5. The van der Waals surface area contributed by atoms with Crippen molar-refractivity contribution >= 4 is 16.9 Å². The molecule has 1 unspecified atom stereocenters. The highest BCUT2D eigenvalue weighted by molar-refractivity contribution is 5.93. The molecule has 4 nitrogen and oxygen atoms in total. The molecular weight excluding hydrogens is 230 g/mol. The standard InChI is InChI=1S/C14H11NO3/c1-3-9(2)18-13-8-12(14(16)17)15-11-7-5-4-6-10(11)13/h1,4-9H,2H3,(H,16,17). The van der Waals surface area contributed by atoms with Crippen LogP contribution in [0.5, 0.6) is 5.75 Å². The summed E-state index contributed by atoms with van der Waals surface area (Å²) in [6, 6.07) is 8.55. The van der Waals surface area contributed by atoms with Crippen LogP contribution < -0.4 is 4.74 Å². The lowest BCUT2D eigenvalue weighted by molar-refractivity contribution is 0.0690. The van der Waals surface area contributed by atoms with E-state index in [1.807, 2.05) is 12.1 Å². The Hall–Kier alpha value is -2.54. The Balaban J connectivity index is 2.61. The molecule has 1 aromatic carbocycles.